The number of halogens is 1. The maximum atomic E-state index is 8.47. The van der Waals surface area contributed by atoms with E-state index in [0.717, 1.165) is 0 Å². The van der Waals surface area contributed by atoms with Crippen LogP contribution in [0, 0.1) is 12.3 Å². The molecule has 2 nitrogen and oxygen atoms in total. The van der Waals surface area contributed by atoms with Gasteiger partial charge in [-0.15, -0.1) is 18.0 Å². The molecule has 0 spiro atoms. The minimum Gasteiger partial charge on any atom is -0.394 e. The first-order valence-corrected chi connectivity index (χ1v) is 3.10. The lowest BCUT2D eigenvalue weighted by molar-refractivity contribution is 0.0463. The predicted molar refractivity (Wildman–Crippen MR) is 36.4 cm³/mol. The highest BCUT2D eigenvalue weighted by atomic mass is 35.5. The largest absolute Gasteiger partial charge is 0.394 e. The fourth-order valence-electron chi connectivity index (χ4n) is 0.312. The molecule has 3 heteroatoms. The second kappa shape index (κ2) is 5.90. The van der Waals surface area contributed by atoms with Crippen molar-refractivity contribution in [3.8, 4) is 12.3 Å². The van der Waals surface area contributed by atoms with E-state index in [1.54, 1.807) is 0 Å². The van der Waals surface area contributed by atoms with Crippen LogP contribution in [0.4, 0.5) is 0 Å². The van der Waals surface area contributed by atoms with Crippen LogP contribution in [-0.2, 0) is 4.74 Å². The topological polar surface area (TPSA) is 29.5 Å². The maximum Gasteiger partial charge on any atom is 0.108 e. The van der Waals surface area contributed by atoms with Gasteiger partial charge in [0, 0.05) is 0 Å². The zero-order chi connectivity index (χ0) is 7.11. The van der Waals surface area contributed by atoms with E-state index in [9.17, 15) is 0 Å². The average Bonchev–Trinajstić information content (AvgIpc) is 1.91. The zero-order valence-electron chi connectivity index (χ0n) is 5.01. The fourth-order valence-corrected chi connectivity index (χ4v) is 0.499. The molecule has 0 aliphatic rings. The maximum absolute atomic E-state index is 8.47. The lowest BCUT2D eigenvalue weighted by atomic mass is 10.4. The van der Waals surface area contributed by atoms with Crippen LogP contribution in [-0.4, -0.2) is 30.3 Å². The van der Waals surface area contributed by atoms with Crippen LogP contribution >= 0.6 is 11.6 Å². The summed E-state index contributed by atoms with van der Waals surface area (Å²) in [5.74, 6) is 2.55. The number of hydrogen-bond donors (Lipinski definition) is 1. The van der Waals surface area contributed by atoms with E-state index in [2.05, 4.69) is 5.92 Å². The number of aliphatic hydroxyl groups excluding tert-OH is 1. The standard InChI is InChI=1S/C6H9ClO2/c1-2-3-9-6(4-7)5-8/h1,6,8H,3-5H2/t6-/m0/s1. The number of hydrogen-bond acceptors (Lipinski definition) is 2. The lowest BCUT2D eigenvalue weighted by Gasteiger charge is -2.07. The first kappa shape index (κ1) is 8.77. The minimum absolute atomic E-state index is 0.0782. The van der Waals surface area contributed by atoms with Crippen molar-refractivity contribution in [3.05, 3.63) is 0 Å². The van der Waals surface area contributed by atoms with E-state index in [1.807, 2.05) is 0 Å². The van der Waals surface area contributed by atoms with Gasteiger partial charge in [0.1, 0.15) is 6.61 Å². The molecule has 0 heterocycles. The summed E-state index contributed by atoms with van der Waals surface area (Å²) in [4.78, 5) is 0. The van der Waals surface area contributed by atoms with Gasteiger partial charge in [-0.3, -0.25) is 0 Å². The van der Waals surface area contributed by atoms with Crippen LogP contribution in [0.15, 0.2) is 0 Å². The van der Waals surface area contributed by atoms with Gasteiger partial charge >= 0.3 is 0 Å². The van der Waals surface area contributed by atoms with Crippen LogP contribution in [0.25, 0.3) is 0 Å². The van der Waals surface area contributed by atoms with Gasteiger partial charge in [-0.25, -0.2) is 0 Å². The quantitative estimate of drug-likeness (QED) is 0.457. The Balaban J connectivity index is 3.22. The van der Waals surface area contributed by atoms with Gasteiger partial charge in [0.2, 0.25) is 0 Å². The SMILES string of the molecule is C#CCO[C@H](CO)CCl. The highest BCUT2D eigenvalue weighted by Gasteiger charge is 2.02. The van der Waals surface area contributed by atoms with E-state index in [4.69, 9.17) is 27.9 Å². The molecule has 0 bridgehead atoms. The van der Waals surface area contributed by atoms with Crippen molar-refractivity contribution in [2.24, 2.45) is 0 Å². The molecule has 0 radical (unpaired) electrons. The van der Waals surface area contributed by atoms with E-state index in [0.29, 0.717) is 0 Å². The van der Waals surface area contributed by atoms with Crippen molar-refractivity contribution in [1.29, 1.82) is 0 Å². The van der Waals surface area contributed by atoms with Gasteiger partial charge in [0.25, 0.3) is 0 Å². The lowest BCUT2D eigenvalue weighted by Crippen LogP contribution is -2.19. The first-order chi connectivity index (χ1) is 4.35. The van der Waals surface area contributed by atoms with Gasteiger partial charge < -0.3 is 9.84 Å². The second-order valence-electron chi connectivity index (χ2n) is 1.47. The Kier molecular flexibility index (Phi) is 5.75. The Morgan fingerprint density at radius 1 is 1.78 bits per heavy atom. The summed E-state index contributed by atoms with van der Waals surface area (Å²) in [6.45, 7) is 0.128. The molecule has 1 atom stereocenters. The summed E-state index contributed by atoms with van der Waals surface area (Å²) in [5, 5.41) is 8.47. The third-order valence-electron chi connectivity index (χ3n) is 0.778. The van der Waals surface area contributed by atoms with Crippen LogP contribution < -0.4 is 0 Å². The molecular formula is C6H9ClO2. The number of ether oxygens (including phenoxy) is 1. The summed E-state index contributed by atoms with van der Waals surface area (Å²) < 4.78 is 4.87. The highest BCUT2D eigenvalue weighted by Crippen LogP contribution is 1.92. The Hall–Kier alpha value is -0.230. The molecule has 1 N–H and O–H groups in total. The van der Waals surface area contributed by atoms with Gasteiger partial charge in [0.15, 0.2) is 0 Å². The van der Waals surface area contributed by atoms with Crippen molar-refractivity contribution in [3.63, 3.8) is 0 Å². The number of terminal acetylenes is 1. The van der Waals surface area contributed by atoms with Gasteiger partial charge in [-0.2, -0.15) is 0 Å². The Morgan fingerprint density at radius 2 is 2.44 bits per heavy atom. The summed E-state index contributed by atoms with van der Waals surface area (Å²) in [6.07, 6.45) is 4.57. The molecule has 0 aromatic heterocycles. The third kappa shape index (κ3) is 4.28. The summed E-state index contributed by atoms with van der Waals surface area (Å²) in [6, 6.07) is 0. The van der Waals surface area contributed by atoms with Crippen LogP contribution in [0.5, 0.6) is 0 Å². The average molecular weight is 149 g/mol. The molecule has 0 aliphatic heterocycles. The molecule has 0 unspecified atom stereocenters. The van der Waals surface area contributed by atoms with Gasteiger partial charge in [0.05, 0.1) is 18.6 Å². The van der Waals surface area contributed by atoms with E-state index < -0.39 is 0 Å². The van der Waals surface area contributed by atoms with Crippen molar-refractivity contribution >= 4 is 11.6 Å². The van der Waals surface area contributed by atoms with Crippen molar-refractivity contribution in [2.75, 3.05) is 19.1 Å². The smallest absolute Gasteiger partial charge is 0.108 e. The van der Waals surface area contributed by atoms with Crippen molar-refractivity contribution < 1.29 is 9.84 Å². The predicted octanol–water partition coefficient (Wildman–Crippen LogP) is 0.236. The number of aliphatic hydroxyl groups is 1. The van der Waals surface area contributed by atoms with E-state index in [-0.39, 0.29) is 25.2 Å². The Morgan fingerprint density at radius 3 is 2.78 bits per heavy atom. The summed E-state index contributed by atoms with van der Waals surface area (Å²) in [7, 11) is 0. The fraction of sp³-hybridized carbons (Fsp3) is 0.667. The normalized spacial score (nSPS) is 12.6. The molecule has 0 rings (SSSR count). The monoisotopic (exact) mass is 148 g/mol. The number of alkyl halides is 1. The van der Waals surface area contributed by atoms with Gasteiger partial charge in [-0.1, -0.05) is 5.92 Å². The van der Waals surface area contributed by atoms with Gasteiger partial charge in [-0.05, 0) is 0 Å². The molecule has 9 heavy (non-hydrogen) atoms. The summed E-state index contributed by atoms with van der Waals surface area (Å²) >= 11 is 5.35. The molecule has 0 aliphatic carbocycles. The molecule has 0 aromatic rings. The molecule has 0 saturated carbocycles. The van der Waals surface area contributed by atoms with E-state index in [1.165, 1.54) is 0 Å². The molecule has 0 saturated heterocycles. The highest BCUT2D eigenvalue weighted by molar-refractivity contribution is 6.18. The molecule has 0 amide bonds. The molecule has 0 aromatic carbocycles. The second-order valence-corrected chi connectivity index (χ2v) is 1.78. The van der Waals surface area contributed by atoms with E-state index >= 15 is 0 Å². The minimum atomic E-state index is -0.317. The van der Waals surface area contributed by atoms with Crippen molar-refractivity contribution in [1.82, 2.24) is 0 Å². The molecule has 52 valence electrons. The van der Waals surface area contributed by atoms with Crippen LogP contribution in [0.1, 0.15) is 0 Å². The Bertz CT molecular complexity index is 93.7. The molecule has 0 fully saturated rings. The van der Waals surface area contributed by atoms with Crippen LogP contribution in [0.2, 0.25) is 0 Å². The number of rotatable bonds is 4. The third-order valence-corrected chi connectivity index (χ3v) is 1.12. The Labute approximate surface area is 59.8 Å². The van der Waals surface area contributed by atoms with Crippen LogP contribution in [0.3, 0.4) is 0 Å². The molecular weight excluding hydrogens is 140 g/mol. The zero-order valence-corrected chi connectivity index (χ0v) is 5.77. The van der Waals surface area contributed by atoms with Crippen molar-refractivity contribution in [2.45, 2.75) is 6.10 Å². The summed E-state index contributed by atoms with van der Waals surface area (Å²) in [5.41, 5.74) is 0. The first-order valence-electron chi connectivity index (χ1n) is 2.57.